The van der Waals surface area contributed by atoms with E-state index in [1.807, 2.05) is 19.1 Å². The Morgan fingerprint density at radius 1 is 0.875 bits per heavy atom. The predicted molar refractivity (Wildman–Crippen MR) is 132 cm³/mol. The van der Waals surface area contributed by atoms with E-state index in [0.29, 0.717) is 19.4 Å². The van der Waals surface area contributed by atoms with Gasteiger partial charge in [0.2, 0.25) is 0 Å². The third-order valence-corrected chi connectivity index (χ3v) is 11.0. The van der Waals surface area contributed by atoms with Gasteiger partial charge >= 0.3 is 0 Å². The average Bonchev–Trinajstić information content (AvgIpc) is 2.81. The van der Waals surface area contributed by atoms with Crippen LogP contribution in [0.3, 0.4) is 0 Å². The largest absolute Gasteiger partial charge is 0.407 e. The molecular weight excluding hydrogens is 420 g/mol. The van der Waals surface area contributed by atoms with E-state index >= 15 is 0 Å². The number of ether oxygens (including phenoxy) is 1. The number of hydrogen-bond donors (Lipinski definition) is 3. The highest BCUT2D eigenvalue weighted by Crippen LogP contribution is 2.36. The maximum atomic E-state index is 9.91. The van der Waals surface area contributed by atoms with Crippen molar-refractivity contribution in [1.82, 2.24) is 0 Å². The van der Waals surface area contributed by atoms with Crippen LogP contribution in [0.15, 0.2) is 60.7 Å². The molecule has 6 heteroatoms. The van der Waals surface area contributed by atoms with Crippen LogP contribution < -0.4 is 10.4 Å². The molecule has 178 valence electrons. The van der Waals surface area contributed by atoms with Crippen molar-refractivity contribution in [2.75, 3.05) is 19.8 Å². The van der Waals surface area contributed by atoms with E-state index in [1.165, 1.54) is 10.4 Å². The second-order valence-electron chi connectivity index (χ2n) is 9.29. The van der Waals surface area contributed by atoms with Crippen LogP contribution >= 0.6 is 0 Å². The maximum absolute atomic E-state index is 9.91. The van der Waals surface area contributed by atoms with Crippen molar-refractivity contribution < 1.29 is 24.5 Å². The Morgan fingerprint density at radius 2 is 1.41 bits per heavy atom. The SMILES string of the molecule is CC[C@H](O[C@H](CO)CCCO[Si](c1ccccc1)(c1ccccc1)C(C)(C)C)[C@H](O)CO. The molecule has 0 heterocycles. The Morgan fingerprint density at radius 3 is 1.81 bits per heavy atom. The molecule has 0 unspecified atom stereocenters. The molecule has 5 nitrogen and oxygen atoms in total. The number of benzene rings is 2. The van der Waals surface area contributed by atoms with E-state index in [4.69, 9.17) is 9.16 Å². The molecule has 0 spiro atoms. The number of aliphatic hydroxyl groups excluding tert-OH is 3. The lowest BCUT2D eigenvalue weighted by Crippen LogP contribution is -2.66. The highest BCUT2D eigenvalue weighted by atomic mass is 28.4. The van der Waals surface area contributed by atoms with Crippen molar-refractivity contribution >= 4 is 18.7 Å². The first-order valence-electron chi connectivity index (χ1n) is 11.6. The van der Waals surface area contributed by atoms with Gasteiger partial charge in [0.1, 0.15) is 6.10 Å². The summed E-state index contributed by atoms with van der Waals surface area (Å²) in [4.78, 5) is 0. The Hall–Kier alpha value is -1.54. The van der Waals surface area contributed by atoms with Crippen molar-refractivity contribution in [2.24, 2.45) is 0 Å². The van der Waals surface area contributed by atoms with Crippen molar-refractivity contribution in [2.45, 2.75) is 70.3 Å². The summed E-state index contributed by atoms with van der Waals surface area (Å²) in [6.07, 6.45) is 0.0719. The van der Waals surface area contributed by atoms with Gasteiger partial charge in [-0.25, -0.2) is 0 Å². The van der Waals surface area contributed by atoms with Gasteiger partial charge in [0.25, 0.3) is 8.32 Å². The molecule has 3 N–H and O–H groups in total. The van der Waals surface area contributed by atoms with Gasteiger partial charge in [-0.3, -0.25) is 0 Å². The number of aliphatic hydroxyl groups is 3. The second kappa shape index (κ2) is 12.6. The minimum Gasteiger partial charge on any atom is -0.407 e. The molecule has 0 amide bonds. The molecule has 0 fully saturated rings. The lowest BCUT2D eigenvalue weighted by Gasteiger charge is -2.43. The third kappa shape index (κ3) is 6.50. The molecule has 0 aromatic heterocycles. The zero-order valence-electron chi connectivity index (χ0n) is 19.9. The van der Waals surface area contributed by atoms with E-state index in [2.05, 4.69) is 69.3 Å². The number of rotatable bonds is 13. The summed E-state index contributed by atoms with van der Waals surface area (Å²) in [5, 5.41) is 31.3. The fourth-order valence-electron chi connectivity index (χ4n) is 4.32. The Labute approximate surface area is 194 Å². The van der Waals surface area contributed by atoms with E-state index in [9.17, 15) is 15.3 Å². The summed E-state index contributed by atoms with van der Waals surface area (Å²) in [6.45, 7) is 8.71. The maximum Gasteiger partial charge on any atom is 0.261 e. The van der Waals surface area contributed by atoms with Crippen LogP contribution in [0.5, 0.6) is 0 Å². The second-order valence-corrected chi connectivity index (χ2v) is 13.6. The van der Waals surface area contributed by atoms with E-state index in [1.54, 1.807) is 0 Å². The van der Waals surface area contributed by atoms with Crippen LogP contribution in [0.25, 0.3) is 0 Å². The molecular formula is C26H40O5Si. The summed E-state index contributed by atoms with van der Waals surface area (Å²) >= 11 is 0. The number of hydrogen-bond acceptors (Lipinski definition) is 5. The van der Waals surface area contributed by atoms with Crippen molar-refractivity contribution in [3.8, 4) is 0 Å². The predicted octanol–water partition coefficient (Wildman–Crippen LogP) is 2.85. The van der Waals surface area contributed by atoms with Gasteiger partial charge < -0.3 is 24.5 Å². The van der Waals surface area contributed by atoms with Crippen LogP contribution in [0.2, 0.25) is 5.04 Å². The highest BCUT2D eigenvalue weighted by Gasteiger charge is 2.49. The van der Waals surface area contributed by atoms with Crippen LogP contribution in [-0.2, 0) is 9.16 Å². The van der Waals surface area contributed by atoms with Gasteiger partial charge in [0, 0.05) is 6.61 Å². The molecule has 0 saturated carbocycles. The van der Waals surface area contributed by atoms with Crippen molar-refractivity contribution in [3.05, 3.63) is 60.7 Å². The van der Waals surface area contributed by atoms with Crippen molar-refractivity contribution in [1.29, 1.82) is 0 Å². The smallest absolute Gasteiger partial charge is 0.261 e. The first-order valence-corrected chi connectivity index (χ1v) is 13.5. The molecule has 2 rings (SSSR count). The molecule has 2 aromatic rings. The Kier molecular flexibility index (Phi) is 10.5. The summed E-state index contributed by atoms with van der Waals surface area (Å²) in [5.74, 6) is 0. The van der Waals surface area contributed by atoms with Crippen molar-refractivity contribution in [3.63, 3.8) is 0 Å². The summed E-state index contributed by atoms with van der Waals surface area (Å²) < 4.78 is 12.7. The Balaban J connectivity index is 2.18. The summed E-state index contributed by atoms with van der Waals surface area (Å²) in [6, 6.07) is 21.0. The average molecular weight is 461 g/mol. The van der Waals surface area contributed by atoms with Gasteiger partial charge in [-0.15, -0.1) is 0 Å². The van der Waals surface area contributed by atoms with Gasteiger partial charge in [0.05, 0.1) is 25.4 Å². The zero-order chi connectivity index (χ0) is 23.6. The lowest BCUT2D eigenvalue weighted by atomic mass is 10.1. The van der Waals surface area contributed by atoms with Gasteiger partial charge in [-0.2, -0.15) is 0 Å². The quantitative estimate of drug-likeness (QED) is 0.316. The fraction of sp³-hybridized carbons (Fsp3) is 0.538. The highest BCUT2D eigenvalue weighted by molar-refractivity contribution is 6.99. The van der Waals surface area contributed by atoms with Gasteiger partial charge in [-0.1, -0.05) is 88.4 Å². The first-order chi connectivity index (χ1) is 15.3. The molecule has 0 aliphatic heterocycles. The van der Waals surface area contributed by atoms with Crippen LogP contribution in [0.4, 0.5) is 0 Å². The molecule has 0 aliphatic carbocycles. The molecule has 0 saturated heterocycles. The molecule has 3 atom stereocenters. The van der Waals surface area contributed by atoms with E-state index in [0.717, 1.165) is 6.42 Å². The van der Waals surface area contributed by atoms with E-state index in [-0.39, 0.29) is 18.3 Å². The first kappa shape index (κ1) is 26.7. The van der Waals surface area contributed by atoms with Gasteiger partial charge in [0.15, 0.2) is 0 Å². The topological polar surface area (TPSA) is 79.2 Å². The fourth-order valence-corrected chi connectivity index (χ4v) is 8.93. The normalized spacial score (nSPS) is 15.3. The molecule has 0 bridgehead atoms. The van der Waals surface area contributed by atoms with Crippen LogP contribution in [0.1, 0.15) is 47.0 Å². The third-order valence-electron chi connectivity index (χ3n) is 6.00. The van der Waals surface area contributed by atoms with Gasteiger partial charge in [-0.05, 0) is 34.7 Å². The molecule has 0 aliphatic rings. The standard InChI is InChI=1S/C26H40O5Si/c1-5-25(24(29)20-28)31-21(19-27)13-12-18-30-32(26(2,3)4,22-14-8-6-9-15-22)23-16-10-7-11-17-23/h6-11,14-17,21,24-25,27-29H,5,12-13,18-20H2,1-4H3/t21-,24+,25-/m0/s1. The Bertz CT molecular complexity index is 723. The molecule has 32 heavy (non-hydrogen) atoms. The van der Waals surface area contributed by atoms with Crippen LogP contribution in [-0.4, -0.2) is 61.8 Å². The zero-order valence-corrected chi connectivity index (χ0v) is 20.9. The molecule has 2 aromatic carbocycles. The minimum absolute atomic E-state index is 0.0822. The lowest BCUT2D eigenvalue weighted by molar-refractivity contribution is -0.107. The van der Waals surface area contributed by atoms with Crippen LogP contribution in [0, 0.1) is 0 Å². The monoisotopic (exact) mass is 460 g/mol. The van der Waals surface area contributed by atoms with E-state index < -0.39 is 26.6 Å². The minimum atomic E-state index is -2.57. The summed E-state index contributed by atoms with van der Waals surface area (Å²) in [5.41, 5.74) is 0. The summed E-state index contributed by atoms with van der Waals surface area (Å²) in [7, 11) is -2.57. The molecule has 0 radical (unpaired) electrons.